The van der Waals surface area contributed by atoms with Crippen molar-refractivity contribution in [1.82, 2.24) is 15.3 Å². The molecule has 2 N–H and O–H groups in total. The average molecular weight is 325 g/mol. The van der Waals surface area contributed by atoms with Gasteiger partial charge in [0, 0.05) is 28.5 Å². The lowest BCUT2D eigenvalue weighted by Crippen LogP contribution is -2.25. The predicted molar refractivity (Wildman–Crippen MR) is 84.4 cm³/mol. The molecule has 1 aromatic carbocycles. The molecule has 1 amide bonds. The van der Waals surface area contributed by atoms with Crippen molar-refractivity contribution >= 4 is 40.7 Å². The Balaban J connectivity index is 2.15. The van der Waals surface area contributed by atoms with Crippen molar-refractivity contribution in [1.29, 1.82) is 0 Å². The summed E-state index contributed by atoms with van der Waals surface area (Å²) in [5.74, 6) is 0.0731. The van der Waals surface area contributed by atoms with Crippen LogP contribution in [-0.4, -0.2) is 22.4 Å². The monoisotopic (exact) mass is 324 g/mol. The predicted octanol–water partition coefficient (Wildman–Crippen LogP) is 3.67. The lowest BCUT2D eigenvalue weighted by atomic mass is 10.3. The summed E-state index contributed by atoms with van der Waals surface area (Å²) in [6.07, 6.45) is 2.38. The highest BCUT2D eigenvalue weighted by Gasteiger charge is 2.08. The van der Waals surface area contributed by atoms with Crippen LogP contribution in [0.5, 0.6) is 0 Å². The molecule has 21 heavy (non-hydrogen) atoms. The summed E-state index contributed by atoms with van der Waals surface area (Å²) < 4.78 is 0. The molecule has 2 rings (SSSR count). The first-order valence-electron chi connectivity index (χ1n) is 6.43. The van der Waals surface area contributed by atoms with Gasteiger partial charge in [-0.15, -0.1) is 0 Å². The molecule has 0 saturated heterocycles. The number of carbonyl (C=O) groups is 1. The van der Waals surface area contributed by atoms with Crippen LogP contribution in [0.25, 0.3) is 0 Å². The highest BCUT2D eigenvalue weighted by molar-refractivity contribution is 6.35. The van der Waals surface area contributed by atoms with E-state index in [0.717, 1.165) is 6.42 Å². The molecule has 0 aliphatic rings. The zero-order chi connectivity index (χ0) is 15.2. The molecule has 0 bridgehead atoms. The zero-order valence-electron chi connectivity index (χ0n) is 11.4. The fourth-order valence-electron chi connectivity index (χ4n) is 1.63. The quantitative estimate of drug-likeness (QED) is 0.880. The number of nitrogens with zero attached hydrogens (tertiary/aromatic N) is 2. The normalized spacial score (nSPS) is 10.2. The second-order valence-corrected chi connectivity index (χ2v) is 5.18. The molecule has 5 nitrogen and oxygen atoms in total. The van der Waals surface area contributed by atoms with Crippen molar-refractivity contribution in [2.45, 2.75) is 13.3 Å². The molecule has 7 heteroatoms. The van der Waals surface area contributed by atoms with Gasteiger partial charge >= 0.3 is 0 Å². The topological polar surface area (TPSA) is 66.9 Å². The number of halogens is 2. The Kier molecular flexibility index (Phi) is 5.36. The smallest absolute Gasteiger partial charge is 0.270 e. The SMILES string of the molecule is CCCNC(=O)c1ccnc(Nc2cc(Cl)cc(Cl)c2)n1. The van der Waals surface area contributed by atoms with Crippen molar-refractivity contribution in [3.8, 4) is 0 Å². The summed E-state index contributed by atoms with van der Waals surface area (Å²) in [4.78, 5) is 20.1. The molecule has 1 heterocycles. The molecule has 110 valence electrons. The second-order valence-electron chi connectivity index (χ2n) is 4.30. The van der Waals surface area contributed by atoms with Gasteiger partial charge in [-0.25, -0.2) is 9.97 Å². The van der Waals surface area contributed by atoms with Crippen molar-refractivity contribution in [2.75, 3.05) is 11.9 Å². The van der Waals surface area contributed by atoms with Crippen molar-refractivity contribution in [3.63, 3.8) is 0 Å². The molecule has 2 aromatic rings. The Morgan fingerprint density at radius 2 is 1.95 bits per heavy atom. The van der Waals surface area contributed by atoms with Gasteiger partial charge < -0.3 is 10.6 Å². The van der Waals surface area contributed by atoms with E-state index in [0.29, 0.717) is 33.9 Å². The van der Waals surface area contributed by atoms with Gasteiger partial charge in [-0.05, 0) is 30.7 Å². The fraction of sp³-hybridized carbons (Fsp3) is 0.214. The van der Waals surface area contributed by atoms with E-state index in [1.807, 2.05) is 6.92 Å². The molecule has 0 aliphatic carbocycles. The molecular weight excluding hydrogens is 311 g/mol. The Bertz CT molecular complexity index is 628. The largest absolute Gasteiger partial charge is 0.351 e. The van der Waals surface area contributed by atoms with E-state index >= 15 is 0 Å². The third kappa shape index (κ3) is 4.58. The Labute approximate surface area is 132 Å². The number of hydrogen-bond acceptors (Lipinski definition) is 4. The molecule has 0 fully saturated rings. The average Bonchev–Trinajstić information content (AvgIpc) is 2.44. The van der Waals surface area contributed by atoms with Crippen molar-refractivity contribution in [2.24, 2.45) is 0 Å². The maximum Gasteiger partial charge on any atom is 0.270 e. The molecule has 0 unspecified atom stereocenters. The highest BCUT2D eigenvalue weighted by atomic mass is 35.5. The summed E-state index contributed by atoms with van der Waals surface area (Å²) in [5, 5.41) is 6.73. The highest BCUT2D eigenvalue weighted by Crippen LogP contribution is 2.24. The van der Waals surface area contributed by atoms with Gasteiger partial charge in [0.2, 0.25) is 5.95 Å². The molecule has 0 radical (unpaired) electrons. The van der Waals surface area contributed by atoms with Gasteiger partial charge in [0.15, 0.2) is 0 Å². The Hall–Kier alpha value is -1.85. The standard InChI is InChI=1S/C14H14Cl2N4O/c1-2-4-17-13(21)12-3-5-18-14(20-12)19-11-7-9(15)6-10(16)8-11/h3,5-8H,2,4H2,1H3,(H,17,21)(H,18,19,20). The van der Waals surface area contributed by atoms with Crippen LogP contribution in [0.3, 0.4) is 0 Å². The minimum atomic E-state index is -0.230. The van der Waals surface area contributed by atoms with Crippen LogP contribution < -0.4 is 10.6 Å². The van der Waals surface area contributed by atoms with E-state index < -0.39 is 0 Å². The third-order valence-electron chi connectivity index (χ3n) is 2.54. The van der Waals surface area contributed by atoms with Crippen LogP contribution in [0.1, 0.15) is 23.8 Å². The van der Waals surface area contributed by atoms with Gasteiger partial charge in [-0.1, -0.05) is 30.1 Å². The zero-order valence-corrected chi connectivity index (χ0v) is 12.9. The lowest BCUT2D eigenvalue weighted by molar-refractivity contribution is 0.0948. The number of carbonyl (C=O) groups excluding carboxylic acids is 1. The van der Waals surface area contributed by atoms with Gasteiger partial charge in [0.05, 0.1) is 0 Å². The first-order valence-corrected chi connectivity index (χ1v) is 7.18. The van der Waals surface area contributed by atoms with E-state index in [4.69, 9.17) is 23.2 Å². The first-order chi connectivity index (χ1) is 10.1. The fourth-order valence-corrected chi connectivity index (χ4v) is 2.16. The van der Waals surface area contributed by atoms with Crippen molar-refractivity contribution < 1.29 is 4.79 Å². The van der Waals surface area contributed by atoms with Crippen LogP contribution in [0.15, 0.2) is 30.5 Å². The summed E-state index contributed by atoms with van der Waals surface area (Å²) >= 11 is 11.9. The van der Waals surface area contributed by atoms with Gasteiger partial charge in [0.1, 0.15) is 5.69 Å². The third-order valence-corrected chi connectivity index (χ3v) is 2.98. The number of rotatable bonds is 5. The number of amides is 1. The maximum absolute atomic E-state index is 11.8. The summed E-state index contributed by atoms with van der Waals surface area (Å²) in [5.41, 5.74) is 0.952. The van der Waals surface area contributed by atoms with E-state index in [2.05, 4.69) is 20.6 Å². The molecule has 0 atom stereocenters. The lowest BCUT2D eigenvalue weighted by Gasteiger charge is -2.07. The molecule has 1 aromatic heterocycles. The second kappa shape index (κ2) is 7.24. The van der Waals surface area contributed by atoms with Crippen LogP contribution >= 0.6 is 23.2 Å². The minimum Gasteiger partial charge on any atom is -0.351 e. The summed E-state index contributed by atoms with van der Waals surface area (Å²) in [6, 6.07) is 6.58. The number of aromatic nitrogens is 2. The van der Waals surface area contributed by atoms with Crippen LogP contribution in [0.4, 0.5) is 11.6 Å². The van der Waals surface area contributed by atoms with E-state index in [1.165, 1.54) is 6.20 Å². The first kappa shape index (κ1) is 15.5. The Morgan fingerprint density at radius 1 is 1.24 bits per heavy atom. The van der Waals surface area contributed by atoms with Gasteiger partial charge in [-0.3, -0.25) is 4.79 Å². The molecular formula is C14H14Cl2N4O. The van der Waals surface area contributed by atoms with Crippen LogP contribution in [0.2, 0.25) is 10.0 Å². The number of benzene rings is 1. The summed E-state index contributed by atoms with van der Waals surface area (Å²) in [7, 11) is 0. The number of anilines is 2. The van der Waals surface area contributed by atoms with Crippen molar-refractivity contribution in [3.05, 3.63) is 46.2 Å². The molecule has 0 saturated carbocycles. The van der Waals surface area contributed by atoms with E-state index in [-0.39, 0.29) is 5.91 Å². The van der Waals surface area contributed by atoms with Gasteiger partial charge in [-0.2, -0.15) is 0 Å². The molecule has 0 aliphatic heterocycles. The van der Waals surface area contributed by atoms with Crippen LogP contribution in [-0.2, 0) is 0 Å². The maximum atomic E-state index is 11.8. The van der Waals surface area contributed by atoms with Gasteiger partial charge in [0.25, 0.3) is 5.91 Å². The Morgan fingerprint density at radius 3 is 2.62 bits per heavy atom. The number of nitrogens with one attached hydrogen (secondary N) is 2. The molecule has 0 spiro atoms. The number of hydrogen-bond donors (Lipinski definition) is 2. The van der Waals surface area contributed by atoms with E-state index in [1.54, 1.807) is 24.3 Å². The minimum absolute atomic E-state index is 0.230. The summed E-state index contributed by atoms with van der Waals surface area (Å²) in [6.45, 7) is 2.59. The van der Waals surface area contributed by atoms with E-state index in [9.17, 15) is 4.79 Å². The van der Waals surface area contributed by atoms with Crippen LogP contribution in [0, 0.1) is 0 Å².